The Morgan fingerprint density at radius 1 is 0.867 bits per heavy atom. The van der Waals surface area contributed by atoms with Crippen LogP contribution in [0.25, 0.3) is 10.9 Å². The van der Waals surface area contributed by atoms with Crippen LogP contribution < -0.4 is 0 Å². The van der Waals surface area contributed by atoms with Crippen LogP contribution in [0.2, 0.25) is 0 Å². The number of sulfone groups is 1. The van der Waals surface area contributed by atoms with Gasteiger partial charge < -0.3 is 9.47 Å². The molecule has 0 bridgehead atoms. The SMILES string of the molecule is Cc1cc(C)c(CS(=O)(=O)C(C(=O)N(C)C)n2cc(C3CCN(S(=O)(=O)c4c(C)cc(C)cc4C)C3)c3ccccc32)c(C)c1. The van der Waals surface area contributed by atoms with Crippen molar-refractivity contribution in [2.75, 3.05) is 27.2 Å². The number of amides is 1. The first-order chi connectivity index (χ1) is 21.0. The van der Waals surface area contributed by atoms with Gasteiger partial charge in [-0.15, -0.1) is 0 Å². The molecule has 1 saturated heterocycles. The zero-order valence-corrected chi connectivity index (χ0v) is 29.0. The molecule has 1 aliphatic heterocycles. The highest BCUT2D eigenvalue weighted by molar-refractivity contribution is 7.91. The Hall–Kier alpha value is -3.47. The maximum absolute atomic E-state index is 14.3. The minimum atomic E-state index is -4.05. The van der Waals surface area contributed by atoms with Crippen molar-refractivity contribution < 1.29 is 21.6 Å². The Bertz CT molecular complexity index is 1980. The third kappa shape index (κ3) is 6.07. The van der Waals surface area contributed by atoms with Crippen molar-refractivity contribution in [3.63, 3.8) is 0 Å². The zero-order valence-electron chi connectivity index (χ0n) is 27.4. The number of sulfonamides is 1. The van der Waals surface area contributed by atoms with Gasteiger partial charge in [0.2, 0.25) is 15.4 Å². The number of rotatable bonds is 8. The highest BCUT2D eigenvalue weighted by Gasteiger charge is 2.40. The van der Waals surface area contributed by atoms with Crippen LogP contribution >= 0.6 is 0 Å². The number of aromatic nitrogens is 1. The molecule has 2 unspecified atom stereocenters. The maximum atomic E-state index is 14.3. The van der Waals surface area contributed by atoms with Gasteiger partial charge in [-0.2, -0.15) is 4.31 Å². The van der Waals surface area contributed by atoms with E-state index >= 15 is 0 Å². The summed E-state index contributed by atoms with van der Waals surface area (Å²) >= 11 is 0. The van der Waals surface area contributed by atoms with Gasteiger partial charge in [0.05, 0.1) is 10.6 Å². The molecular formula is C35H43N3O5S2. The molecule has 1 aliphatic rings. The fourth-order valence-corrected chi connectivity index (χ4v) is 11.0. The largest absolute Gasteiger partial charge is 0.346 e. The van der Waals surface area contributed by atoms with Crippen molar-refractivity contribution in [1.29, 1.82) is 0 Å². The van der Waals surface area contributed by atoms with E-state index < -0.39 is 31.1 Å². The van der Waals surface area contributed by atoms with Crippen molar-refractivity contribution in [2.24, 2.45) is 0 Å². The van der Waals surface area contributed by atoms with Crippen LogP contribution in [0.1, 0.15) is 62.2 Å². The van der Waals surface area contributed by atoms with E-state index in [1.165, 1.54) is 9.21 Å². The van der Waals surface area contributed by atoms with Crippen LogP contribution in [0.4, 0.5) is 0 Å². The molecule has 2 atom stereocenters. The van der Waals surface area contributed by atoms with Crippen LogP contribution in [0, 0.1) is 41.5 Å². The first kappa shape index (κ1) is 32.9. The second-order valence-corrected chi connectivity index (χ2v) is 16.8. The molecule has 0 saturated carbocycles. The number of carbonyl (C=O) groups excluding carboxylic acids is 1. The van der Waals surface area contributed by atoms with E-state index in [4.69, 9.17) is 0 Å². The summed E-state index contributed by atoms with van der Waals surface area (Å²) in [7, 11) is -4.67. The molecule has 4 aromatic rings. The molecule has 0 aliphatic carbocycles. The summed E-state index contributed by atoms with van der Waals surface area (Å²) in [6.45, 7) is 12.0. The topological polar surface area (TPSA) is 96.8 Å². The first-order valence-corrected chi connectivity index (χ1v) is 18.4. The van der Waals surface area contributed by atoms with E-state index in [9.17, 15) is 21.6 Å². The summed E-state index contributed by atoms with van der Waals surface area (Å²) in [4.78, 5) is 15.4. The highest BCUT2D eigenvalue weighted by atomic mass is 32.2. The number of hydrogen-bond donors (Lipinski definition) is 0. The number of carbonyl (C=O) groups is 1. The summed E-state index contributed by atoms with van der Waals surface area (Å²) in [6.07, 6.45) is 2.35. The van der Waals surface area contributed by atoms with Crippen molar-refractivity contribution >= 4 is 36.7 Å². The second-order valence-electron chi connectivity index (χ2n) is 12.9. The van der Waals surface area contributed by atoms with Gasteiger partial charge in [0.1, 0.15) is 0 Å². The summed E-state index contributed by atoms with van der Waals surface area (Å²) in [5.74, 6) is -0.982. The lowest BCUT2D eigenvalue weighted by Gasteiger charge is -2.24. The standard InChI is InChI=1S/C35H43N3O5S2/c1-22-15-24(3)31(25(4)16-22)21-44(40,41)35(34(39)36(7)8)38-20-30(29-11-9-10-12-32(29)38)28-13-14-37(19-28)45(42,43)33-26(5)17-23(2)18-27(33)6/h9-12,15-18,20,28,35H,13-14,19,21H2,1-8H3. The van der Waals surface area contributed by atoms with E-state index in [0.717, 1.165) is 44.3 Å². The fraction of sp³-hybridized carbons (Fsp3) is 0.400. The quantitative estimate of drug-likeness (QED) is 0.238. The van der Waals surface area contributed by atoms with Gasteiger partial charge in [0.15, 0.2) is 9.84 Å². The normalized spacial score (nSPS) is 16.8. The molecule has 10 heteroatoms. The predicted octanol–water partition coefficient (Wildman–Crippen LogP) is 5.87. The Morgan fingerprint density at radius 3 is 2.00 bits per heavy atom. The maximum Gasteiger partial charge on any atom is 0.260 e. The lowest BCUT2D eigenvalue weighted by molar-refractivity contribution is -0.129. The average molecular weight is 650 g/mol. The molecule has 0 spiro atoms. The van der Waals surface area contributed by atoms with Gasteiger partial charge >= 0.3 is 0 Å². The monoisotopic (exact) mass is 649 g/mol. The number of nitrogens with zero attached hydrogens (tertiary/aromatic N) is 3. The van der Waals surface area contributed by atoms with Crippen molar-refractivity contribution in [3.8, 4) is 0 Å². The molecular weight excluding hydrogens is 607 g/mol. The lowest BCUT2D eigenvalue weighted by atomic mass is 9.98. The van der Waals surface area contributed by atoms with Crippen molar-refractivity contribution in [2.45, 2.75) is 69.9 Å². The molecule has 1 aromatic heterocycles. The second kappa shape index (κ2) is 12.0. The Labute approximate surface area is 267 Å². The summed E-state index contributed by atoms with van der Waals surface area (Å²) in [5, 5.41) is -0.663. The Morgan fingerprint density at radius 2 is 1.42 bits per heavy atom. The average Bonchev–Trinajstić information content (AvgIpc) is 3.56. The summed E-state index contributed by atoms with van der Waals surface area (Å²) in [5.41, 5.74) is 7.42. The van der Waals surface area contributed by atoms with E-state index in [-0.39, 0.29) is 18.2 Å². The Balaban J connectivity index is 1.57. The third-order valence-electron chi connectivity index (χ3n) is 9.00. The zero-order chi connectivity index (χ0) is 33.0. The fourth-order valence-electron chi connectivity index (χ4n) is 7.04. The van der Waals surface area contributed by atoms with Crippen LogP contribution in [0.3, 0.4) is 0 Å². The highest BCUT2D eigenvalue weighted by Crippen LogP contribution is 2.39. The molecule has 45 heavy (non-hydrogen) atoms. The van der Waals surface area contributed by atoms with Gasteiger partial charge in [-0.05, 0) is 87.4 Å². The van der Waals surface area contributed by atoms with Crippen molar-refractivity contribution in [1.82, 2.24) is 13.8 Å². The van der Waals surface area contributed by atoms with Gasteiger partial charge in [0.25, 0.3) is 5.91 Å². The van der Waals surface area contributed by atoms with Crippen LogP contribution in [0.15, 0.2) is 59.6 Å². The molecule has 0 N–H and O–H groups in total. The molecule has 1 fully saturated rings. The minimum absolute atomic E-state index is 0.170. The van der Waals surface area contributed by atoms with Crippen molar-refractivity contribution in [3.05, 3.63) is 99.2 Å². The van der Waals surface area contributed by atoms with E-state index in [0.29, 0.717) is 28.9 Å². The smallest absolute Gasteiger partial charge is 0.260 e. The molecule has 5 rings (SSSR count). The van der Waals surface area contributed by atoms with Gasteiger partial charge in [-0.1, -0.05) is 53.6 Å². The summed E-state index contributed by atoms with van der Waals surface area (Å²) < 4.78 is 59.4. The molecule has 2 heterocycles. The number of hydrogen-bond acceptors (Lipinski definition) is 5. The number of benzene rings is 3. The molecule has 0 radical (unpaired) electrons. The van der Waals surface area contributed by atoms with E-state index in [1.54, 1.807) is 24.9 Å². The van der Waals surface area contributed by atoms with Gasteiger partial charge in [-0.3, -0.25) is 4.79 Å². The van der Waals surface area contributed by atoms with E-state index in [2.05, 4.69) is 0 Å². The number of likely N-dealkylation sites (N-methyl/N-ethyl adjacent to an activating group) is 1. The molecule has 3 aromatic carbocycles. The lowest BCUT2D eigenvalue weighted by Crippen LogP contribution is -2.37. The van der Waals surface area contributed by atoms with Crippen LogP contribution in [0.5, 0.6) is 0 Å². The molecule has 240 valence electrons. The van der Waals surface area contributed by atoms with E-state index in [1.807, 2.05) is 90.1 Å². The molecule has 8 nitrogen and oxygen atoms in total. The number of para-hydroxylation sites is 1. The molecule has 1 amide bonds. The van der Waals surface area contributed by atoms with Gasteiger partial charge in [-0.25, -0.2) is 16.8 Å². The van der Waals surface area contributed by atoms with Crippen LogP contribution in [-0.4, -0.2) is 63.7 Å². The predicted molar refractivity (Wildman–Crippen MR) is 180 cm³/mol. The Kier molecular flexibility index (Phi) is 8.80. The third-order valence-corrected chi connectivity index (χ3v) is 13.0. The van der Waals surface area contributed by atoms with Gasteiger partial charge in [0, 0.05) is 50.2 Å². The first-order valence-electron chi connectivity index (χ1n) is 15.2. The van der Waals surface area contributed by atoms with Crippen LogP contribution in [-0.2, 0) is 30.4 Å². The number of aryl methyl sites for hydroxylation is 6. The number of fused-ring (bicyclic) bond motifs is 1. The minimum Gasteiger partial charge on any atom is -0.346 e. The summed E-state index contributed by atoms with van der Waals surface area (Å²) in [6, 6.07) is 15.2.